The van der Waals surface area contributed by atoms with E-state index >= 15 is 0 Å². The highest BCUT2D eigenvalue weighted by Gasteiger charge is 2.00. The molecular formula is C11H21N3OS. The number of thioether (sulfide) groups is 1. The van der Waals surface area contributed by atoms with Crippen LogP contribution in [0.1, 0.15) is 12.8 Å². The summed E-state index contributed by atoms with van der Waals surface area (Å²) in [6.45, 7) is 2.74. The normalized spacial score (nSPS) is 10.6. The van der Waals surface area contributed by atoms with Crippen molar-refractivity contribution in [3.05, 3.63) is 12.4 Å². The fourth-order valence-electron chi connectivity index (χ4n) is 1.45. The molecule has 0 saturated heterocycles. The van der Waals surface area contributed by atoms with Gasteiger partial charge in [0, 0.05) is 39.2 Å². The van der Waals surface area contributed by atoms with Gasteiger partial charge in [-0.15, -0.1) is 0 Å². The van der Waals surface area contributed by atoms with Gasteiger partial charge in [0.05, 0.1) is 0 Å². The molecular weight excluding hydrogens is 222 g/mol. The summed E-state index contributed by atoms with van der Waals surface area (Å²) in [7, 11) is 1.73. The van der Waals surface area contributed by atoms with Crippen molar-refractivity contribution in [1.29, 1.82) is 0 Å². The lowest BCUT2D eigenvalue weighted by Gasteiger charge is -2.09. The third-order valence-electron chi connectivity index (χ3n) is 2.27. The summed E-state index contributed by atoms with van der Waals surface area (Å²) in [6.07, 6.45) is 8.20. The Bertz CT molecular complexity index is 278. The molecule has 0 aromatic carbocycles. The molecule has 5 heteroatoms. The van der Waals surface area contributed by atoms with Crippen LogP contribution in [-0.4, -0.2) is 41.8 Å². The van der Waals surface area contributed by atoms with E-state index in [0.29, 0.717) is 0 Å². The number of hydrogen-bond acceptors (Lipinski definition) is 4. The average Bonchev–Trinajstić information content (AvgIpc) is 2.73. The molecule has 1 heterocycles. The Labute approximate surface area is 102 Å². The SMILES string of the molecule is COCCCNc1nccn1CCCSC. The van der Waals surface area contributed by atoms with Gasteiger partial charge in [0.15, 0.2) is 0 Å². The summed E-state index contributed by atoms with van der Waals surface area (Å²) in [5, 5.41) is 3.32. The van der Waals surface area contributed by atoms with Crippen molar-refractivity contribution < 1.29 is 4.74 Å². The van der Waals surface area contributed by atoms with Crippen LogP contribution in [0.3, 0.4) is 0 Å². The molecule has 0 fully saturated rings. The Morgan fingerprint density at radius 1 is 1.50 bits per heavy atom. The fourth-order valence-corrected chi connectivity index (χ4v) is 1.87. The van der Waals surface area contributed by atoms with E-state index in [1.165, 1.54) is 12.2 Å². The highest BCUT2D eigenvalue weighted by Crippen LogP contribution is 2.07. The smallest absolute Gasteiger partial charge is 0.202 e. The second-order valence-electron chi connectivity index (χ2n) is 3.56. The van der Waals surface area contributed by atoms with E-state index < -0.39 is 0 Å². The molecule has 0 unspecified atom stereocenters. The number of aromatic nitrogens is 2. The molecule has 4 nitrogen and oxygen atoms in total. The predicted molar refractivity (Wildman–Crippen MR) is 70.2 cm³/mol. The van der Waals surface area contributed by atoms with Gasteiger partial charge < -0.3 is 14.6 Å². The molecule has 0 spiro atoms. The Hall–Kier alpha value is -0.680. The summed E-state index contributed by atoms with van der Waals surface area (Å²) in [6, 6.07) is 0. The van der Waals surface area contributed by atoms with Crippen molar-refractivity contribution in [2.24, 2.45) is 0 Å². The third-order valence-corrected chi connectivity index (χ3v) is 2.97. The first kappa shape index (κ1) is 13.4. The minimum atomic E-state index is 0.792. The number of ether oxygens (including phenoxy) is 1. The second-order valence-corrected chi connectivity index (χ2v) is 4.55. The van der Waals surface area contributed by atoms with Crippen LogP contribution in [0.2, 0.25) is 0 Å². The molecule has 1 rings (SSSR count). The maximum absolute atomic E-state index is 5.00. The van der Waals surface area contributed by atoms with Crippen molar-refractivity contribution in [3.8, 4) is 0 Å². The quantitative estimate of drug-likeness (QED) is 0.674. The number of rotatable bonds is 9. The predicted octanol–water partition coefficient (Wildman–Crippen LogP) is 2.08. The van der Waals surface area contributed by atoms with Gasteiger partial charge in [-0.2, -0.15) is 11.8 Å². The minimum absolute atomic E-state index is 0.792. The van der Waals surface area contributed by atoms with Crippen LogP contribution < -0.4 is 5.32 Å². The Morgan fingerprint density at radius 3 is 3.12 bits per heavy atom. The number of methoxy groups -OCH3 is 1. The van der Waals surface area contributed by atoms with E-state index in [1.807, 2.05) is 24.2 Å². The number of nitrogens with zero attached hydrogens (tertiary/aromatic N) is 2. The molecule has 92 valence electrons. The van der Waals surface area contributed by atoms with Gasteiger partial charge in [-0.05, 0) is 24.9 Å². The molecule has 1 aromatic heterocycles. The number of hydrogen-bond donors (Lipinski definition) is 1. The van der Waals surface area contributed by atoms with Crippen molar-refractivity contribution in [1.82, 2.24) is 9.55 Å². The topological polar surface area (TPSA) is 39.1 Å². The van der Waals surface area contributed by atoms with Gasteiger partial charge in [-0.3, -0.25) is 0 Å². The number of imidazole rings is 1. The van der Waals surface area contributed by atoms with Crippen LogP contribution in [0.5, 0.6) is 0 Å². The molecule has 0 saturated carbocycles. The largest absolute Gasteiger partial charge is 0.385 e. The monoisotopic (exact) mass is 243 g/mol. The zero-order chi connectivity index (χ0) is 11.6. The summed E-state index contributed by atoms with van der Waals surface area (Å²) >= 11 is 1.88. The number of aryl methyl sites for hydroxylation is 1. The maximum atomic E-state index is 5.00. The molecule has 0 radical (unpaired) electrons. The van der Waals surface area contributed by atoms with Gasteiger partial charge >= 0.3 is 0 Å². The summed E-state index contributed by atoms with van der Waals surface area (Å²) in [5.74, 6) is 2.17. The van der Waals surface area contributed by atoms with Gasteiger partial charge in [0.2, 0.25) is 5.95 Å². The van der Waals surface area contributed by atoms with Crippen molar-refractivity contribution in [2.45, 2.75) is 19.4 Å². The van der Waals surface area contributed by atoms with Crippen LogP contribution in [0.4, 0.5) is 5.95 Å². The van der Waals surface area contributed by atoms with Crippen molar-refractivity contribution in [3.63, 3.8) is 0 Å². The van der Waals surface area contributed by atoms with Gasteiger partial charge in [0.25, 0.3) is 0 Å². The van der Waals surface area contributed by atoms with Gasteiger partial charge in [0.1, 0.15) is 0 Å². The highest BCUT2D eigenvalue weighted by molar-refractivity contribution is 7.98. The molecule has 1 N–H and O–H groups in total. The van der Waals surface area contributed by atoms with E-state index in [9.17, 15) is 0 Å². The number of nitrogens with one attached hydrogen (secondary N) is 1. The van der Waals surface area contributed by atoms with Crippen molar-refractivity contribution in [2.75, 3.05) is 37.6 Å². The summed E-state index contributed by atoms with van der Waals surface area (Å²) in [4.78, 5) is 4.30. The standard InChI is InChI=1S/C11H21N3OS/c1-15-9-3-5-12-11-13-6-8-14(11)7-4-10-16-2/h6,8H,3-5,7,9-10H2,1-2H3,(H,12,13). The Kier molecular flexibility index (Phi) is 7.09. The minimum Gasteiger partial charge on any atom is -0.385 e. The molecule has 0 amide bonds. The van der Waals surface area contributed by atoms with Crippen molar-refractivity contribution >= 4 is 17.7 Å². The lowest BCUT2D eigenvalue weighted by Crippen LogP contribution is -2.10. The Balaban J connectivity index is 2.26. The van der Waals surface area contributed by atoms with E-state index in [-0.39, 0.29) is 0 Å². The second kappa shape index (κ2) is 8.47. The molecule has 0 aliphatic heterocycles. The maximum Gasteiger partial charge on any atom is 0.202 e. The van der Waals surface area contributed by atoms with Crippen LogP contribution in [0.15, 0.2) is 12.4 Å². The first-order valence-corrected chi connectivity index (χ1v) is 7.00. The van der Waals surface area contributed by atoms with Crippen LogP contribution in [-0.2, 0) is 11.3 Å². The molecule has 1 aromatic rings. The van der Waals surface area contributed by atoms with Crippen LogP contribution in [0, 0.1) is 0 Å². The van der Waals surface area contributed by atoms with E-state index in [4.69, 9.17) is 4.74 Å². The van der Waals surface area contributed by atoms with Gasteiger partial charge in [-0.25, -0.2) is 4.98 Å². The molecule has 0 aliphatic rings. The van der Waals surface area contributed by atoms with E-state index in [0.717, 1.165) is 32.1 Å². The zero-order valence-electron chi connectivity index (χ0n) is 10.1. The Morgan fingerprint density at radius 2 is 2.38 bits per heavy atom. The van der Waals surface area contributed by atoms with Crippen LogP contribution >= 0.6 is 11.8 Å². The highest BCUT2D eigenvalue weighted by atomic mass is 32.2. The zero-order valence-corrected chi connectivity index (χ0v) is 10.9. The molecule has 0 aliphatic carbocycles. The van der Waals surface area contributed by atoms with Gasteiger partial charge in [-0.1, -0.05) is 0 Å². The molecule has 16 heavy (non-hydrogen) atoms. The summed E-state index contributed by atoms with van der Waals surface area (Å²) < 4.78 is 7.17. The van der Waals surface area contributed by atoms with E-state index in [1.54, 1.807) is 7.11 Å². The fraction of sp³-hybridized carbons (Fsp3) is 0.727. The molecule has 0 bridgehead atoms. The summed E-state index contributed by atoms with van der Waals surface area (Å²) in [5.41, 5.74) is 0. The van der Waals surface area contributed by atoms with E-state index in [2.05, 4.69) is 21.1 Å². The average molecular weight is 243 g/mol. The van der Waals surface area contributed by atoms with Crippen LogP contribution in [0.25, 0.3) is 0 Å². The lowest BCUT2D eigenvalue weighted by atomic mass is 10.4. The first-order valence-electron chi connectivity index (χ1n) is 5.61. The first-order chi connectivity index (χ1) is 7.88. The molecule has 0 atom stereocenters. The third kappa shape index (κ3) is 4.90. The lowest BCUT2D eigenvalue weighted by molar-refractivity contribution is 0.197. The number of anilines is 1.